The Labute approximate surface area is 105 Å². The van der Waals surface area contributed by atoms with Crippen LogP contribution < -0.4 is 10.1 Å². The van der Waals surface area contributed by atoms with Gasteiger partial charge >= 0.3 is 5.97 Å². The Hall–Kier alpha value is -2.04. The van der Waals surface area contributed by atoms with Crippen molar-refractivity contribution >= 4 is 17.6 Å². The molecule has 0 radical (unpaired) electrons. The molecular formula is C13H15NO4. The van der Waals surface area contributed by atoms with Gasteiger partial charge in [-0.05, 0) is 24.5 Å². The van der Waals surface area contributed by atoms with Crippen molar-refractivity contribution in [1.82, 2.24) is 0 Å². The van der Waals surface area contributed by atoms with Crippen molar-refractivity contribution in [1.29, 1.82) is 0 Å². The lowest BCUT2D eigenvalue weighted by atomic mass is 9.89. The molecule has 2 N–H and O–H groups in total. The first kappa shape index (κ1) is 12.4. The number of carbonyl (C=O) groups excluding carboxylic acids is 1. The average Bonchev–Trinajstić information content (AvgIpc) is 2.35. The minimum atomic E-state index is -0.872. The molecule has 0 spiro atoms. The summed E-state index contributed by atoms with van der Waals surface area (Å²) in [4.78, 5) is 22.4. The Morgan fingerprint density at radius 1 is 1.56 bits per heavy atom. The molecule has 1 unspecified atom stereocenters. The molecule has 1 aromatic carbocycles. The van der Waals surface area contributed by atoms with Crippen LogP contribution in [-0.4, -0.2) is 24.1 Å². The highest BCUT2D eigenvalue weighted by Crippen LogP contribution is 2.30. The van der Waals surface area contributed by atoms with Crippen molar-refractivity contribution < 1.29 is 19.4 Å². The molecule has 0 saturated carbocycles. The zero-order valence-electron chi connectivity index (χ0n) is 10.1. The van der Waals surface area contributed by atoms with Crippen LogP contribution >= 0.6 is 0 Å². The standard InChI is InChI=1S/C13H15NO4/c1-18-10-4-2-8-6-9(3-5-12(15)16)13(17)14-11(8)7-10/h2,4,7,9H,3,5-6H2,1H3,(H,14,17)(H,15,16). The molecule has 1 aliphatic rings. The monoisotopic (exact) mass is 249 g/mol. The molecule has 96 valence electrons. The number of carboxylic acids is 1. The summed E-state index contributed by atoms with van der Waals surface area (Å²) in [6.45, 7) is 0. The summed E-state index contributed by atoms with van der Waals surface area (Å²) in [6, 6.07) is 5.52. The quantitative estimate of drug-likeness (QED) is 0.851. The predicted molar refractivity (Wildman–Crippen MR) is 65.7 cm³/mol. The highest BCUT2D eigenvalue weighted by molar-refractivity contribution is 5.96. The van der Waals surface area contributed by atoms with Crippen LogP contribution in [0.2, 0.25) is 0 Å². The van der Waals surface area contributed by atoms with Gasteiger partial charge in [0.2, 0.25) is 5.91 Å². The maximum atomic E-state index is 11.8. The second-order valence-corrected chi connectivity index (χ2v) is 4.35. The summed E-state index contributed by atoms with van der Waals surface area (Å²) < 4.78 is 5.09. The van der Waals surface area contributed by atoms with E-state index in [1.54, 1.807) is 13.2 Å². The first-order valence-electron chi connectivity index (χ1n) is 5.79. The van der Waals surface area contributed by atoms with E-state index in [0.29, 0.717) is 18.6 Å². The van der Waals surface area contributed by atoms with Crippen LogP contribution in [-0.2, 0) is 16.0 Å². The number of hydrogen-bond acceptors (Lipinski definition) is 3. The fourth-order valence-corrected chi connectivity index (χ4v) is 2.10. The van der Waals surface area contributed by atoms with Gasteiger partial charge in [-0.3, -0.25) is 9.59 Å². The third kappa shape index (κ3) is 2.61. The van der Waals surface area contributed by atoms with Gasteiger partial charge in [0.1, 0.15) is 5.75 Å². The summed E-state index contributed by atoms with van der Waals surface area (Å²) in [7, 11) is 1.57. The Morgan fingerprint density at radius 3 is 3.00 bits per heavy atom. The molecule has 5 nitrogen and oxygen atoms in total. The highest BCUT2D eigenvalue weighted by Gasteiger charge is 2.26. The normalized spacial score (nSPS) is 17.8. The molecule has 1 amide bonds. The Kier molecular flexibility index (Phi) is 3.50. The molecule has 0 aliphatic carbocycles. The molecule has 18 heavy (non-hydrogen) atoms. The van der Waals surface area contributed by atoms with E-state index in [9.17, 15) is 9.59 Å². The molecular weight excluding hydrogens is 234 g/mol. The number of benzene rings is 1. The van der Waals surface area contributed by atoms with Gasteiger partial charge < -0.3 is 15.2 Å². The third-order valence-electron chi connectivity index (χ3n) is 3.12. The predicted octanol–water partition coefficient (Wildman–Crippen LogP) is 1.67. The van der Waals surface area contributed by atoms with Gasteiger partial charge in [0, 0.05) is 24.1 Å². The second kappa shape index (κ2) is 5.08. The van der Waals surface area contributed by atoms with Gasteiger partial charge in [-0.15, -0.1) is 0 Å². The minimum absolute atomic E-state index is 0.0174. The molecule has 1 atom stereocenters. The van der Waals surface area contributed by atoms with Crippen molar-refractivity contribution in [3.63, 3.8) is 0 Å². The maximum absolute atomic E-state index is 11.8. The van der Waals surface area contributed by atoms with E-state index >= 15 is 0 Å². The lowest BCUT2D eigenvalue weighted by Gasteiger charge is -2.24. The number of carboxylic acid groups (broad SMARTS) is 1. The van der Waals surface area contributed by atoms with E-state index < -0.39 is 5.97 Å². The largest absolute Gasteiger partial charge is 0.497 e. The van der Waals surface area contributed by atoms with Gasteiger partial charge in [0.05, 0.1) is 7.11 Å². The van der Waals surface area contributed by atoms with Gasteiger partial charge in [-0.1, -0.05) is 6.07 Å². The zero-order chi connectivity index (χ0) is 13.1. The van der Waals surface area contributed by atoms with Crippen LogP contribution in [0.3, 0.4) is 0 Å². The van der Waals surface area contributed by atoms with Crippen LogP contribution in [0.15, 0.2) is 18.2 Å². The third-order valence-corrected chi connectivity index (χ3v) is 3.12. The van der Waals surface area contributed by atoms with Crippen molar-refractivity contribution in [3.8, 4) is 5.75 Å². The van der Waals surface area contributed by atoms with Crippen molar-refractivity contribution in [2.45, 2.75) is 19.3 Å². The van der Waals surface area contributed by atoms with Crippen LogP contribution in [0.4, 0.5) is 5.69 Å². The molecule has 1 aliphatic heterocycles. The van der Waals surface area contributed by atoms with E-state index in [4.69, 9.17) is 9.84 Å². The molecule has 1 heterocycles. The van der Waals surface area contributed by atoms with E-state index in [0.717, 1.165) is 11.3 Å². The summed E-state index contributed by atoms with van der Waals surface area (Å²) >= 11 is 0. The summed E-state index contributed by atoms with van der Waals surface area (Å²) in [5.41, 5.74) is 1.77. The van der Waals surface area contributed by atoms with Gasteiger partial charge in [0.15, 0.2) is 0 Å². The SMILES string of the molecule is COc1ccc2c(c1)NC(=O)C(CCC(=O)O)C2. The van der Waals surface area contributed by atoms with Crippen LogP contribution in [0.5, 0.6) is 5.75 Å². The molecule has 1 aromatic rings. The zero-order valence-corrected chi connectivity index (χ0v) is 10.1. The lowest BCUT2D eigenvalue weighted by molar-refractivity contribution is -0.137. The first-order chi connectivity index (χ1) is 8.60. The fourth-order valence-electron chi connectivity index (χ4n) is 2.10. The number of anilines is 1. The fraction of sp³-hybridized carbons (Fsp3) is 0.385. The Morgan fingerprint density at radius 2 is 2.33 bits per heavy atom. The van der Waals surface area contributed by atoms with Crippen LogP contribution in [0.25, 0.3) is 0 Å². The molecule has 2 rings (SSSR count). The van der Waals surface area contributed by atoms with Crippen molar-refractivity contribution in [2.24, 2.45) is 5.92 Å². The number of nitrogens with one attached hydrogen (secondary N) is 1. The number of carbonyl (C=O) groups is 2. The Bertz CT molecular complexity index is 484. The molecule has 5 heteroatoms. The first-order valence-corrected chi connectivity index (χ1v) is 5.79. The number of fused-ring (bicyclic) bond motifs is 1. The van der Waals surface area contributed by atoms with Crippen molar-refractivity contribution in [3.05, 3.63) is 23.8 Å². The number of rotatable bonds is 4. The highest BCUT2D eigenvalue weighted by atomic mass is 16.5. The van der Waals surface area contributed by atoms with E-state index in [2.05, 4.69) is 5.32 Å². The number of amides is 1. The average molecular weight is 249 g/mol. The molecule has 0 saturated heterocycles. The summed E-state index contributed by atoms with van der Waals surface area (Å²) in [6.07, 6.45) is 0.967. The summed E-state index contributed by atoms with van der Waals surface area (Å²) in [5, 5.41) is 11.4. The number of methoxy groups -OCH3 is 1. The van der Waals surface area contributed by atoms with Gasteiger partial charge in [-0.25, -0.2) is 0 Å². The maximum Gasteiger partial charge on any atom is 0.303 e. The van der Waals surface area contributed by atoms with E-state index in [1.165, 1.54) is 0 Å². The van der Waals surface area contributed by atoms with E-state index in [1.807, 2.05) is 12.1 Å². The van der Waals surface area contributed by atoms with Gasteiger partial charge in [0.25, 0.3) is 0 Å². The second-order valence-electron chi connectivity index (χ2n) is 4.35. The topological polar surface area (TPSA) is 75.6 Å². The smallest absolute Gasteiger partial charge is 0.303 e. The number of aliphatic carboxylic acids is 1. The number of ether oxygens (including phenoxy) is 1. The summed E-state index contributed by atoms with van der Waals surface area (Å²) in [5.74, 6) is -0.555. The number of hydrogen-bond donors (Lipinski definition) is 2. The molecule has 0 fully saturated rings. The van der Waals surface area contributed by atoms with Crippen molar-refractivity contribution in [2.75, 3.05) is 12.4 Å². The minimum Gasteiger partial charge on any atom is -0.497 e. The van der Waals surface area contributed by atoms with E-state index in [-0.39, 0.29) is 18.2 Å². The Balaban J connectivity index is 2.13. The van der Waals surface area contributed by atoms with Crippen LogP contribution in [0.1, 0.15) is 18.4 Å². The molecule has 0 bridgehead atoms. The molecule has 0 aromatic heterocycles. The van der Waals surface area contributed by atoms with Crippen LogP contribution in [0, 0.1) is 5.92 Å². The lowest BCUT2D eigenvalue weighted by Crippen LogP contribution is -2.30. The van der Waals surface area contributed by atoms with Gasteiger partial charge in [-0.2, -0.15) is 0 Å².